The van der Waals surface area contributed by atoms with Crippen LogP contribution in [0.25, 0.3) is 10.8 Å². The molecule has 0 bridgehead atoms. The Bertz CT molecular complexity index is 1440. The average Bonchev–Trinajstić information content (AvgIpc) is 2.98. The summed E-state index contributed by atoms with van der Waals surface area (Å²) in [5.74, 6) is 1.76. The lowest BCUT2D eigenvalue weighted by Gasteiger charge is -2.39. The summed E-state index contributed by atoms with van der Waals surface area (Å²) in [5, 5.41) is 2.40. The number of benzene rings is 4. The van der Waals surface area contributed by atoms with Crippen LogP contribution in [0.2, 0.25) is 0 Å². The van der Waals surface area contributed by atoms with Crippen molar-refractivity contribution < 1.29 is 23.7 Å². The highest BCUT2D eigenvalue weighted by Crippen LogP contribution is 2.32. The van der Waals surface area contributed by atoms with Crippen LogP contribution in [0.4, 0.5) is 4.79 Å². The third kappa shape index (κ3) is 7.59. The molecule has 214 valence electrons. The third-order valence-electron chi connectivity index (χ3n) is 7.36. The van der Waals surface area contributed by atoms with E-state index in [0.717, 1.165) is 29.0 Å². The van der Waals surface area contributed by atoms with E-state index in [1.54, 1.807) is 12.0 Å². The molecule has 1 saturated heterocycles. The SMILES string of the molecule is COc1ccc(OCc2ccc(C3CCN(C(=O)OC(C)(C)C)CC3OCc3ccc4ccccc4c3)cc2)cc1. The molecule has 1 heterocycles. The van der Waals surface area contributed by atoms with Crippen LogP contribution in [0, 0.1) is 0 Å². The van der Waals surface area contributed by atoms with Crippen molar-refractivity contribution in [2.45, 2.75) is 58.0 Å². The summed E-state index contributed by atoms with van der Waals surface area (Å²) in [6.45, 7) is 7.74. The van der Waals surface area contributed by atoms with Crippen LogP contribution >= 0.6 is 0 Å². The van der Waals surface area contributed by atoms with Crippen LogP contribution < -0.4 is 9.47 Å². The largest absolute Gasteiger partial charge is 0.497 e. The molecule has 6 nitrogen and oxygen atoms in total. The van der Waals surface area contributed by atoms with E-state index >= 15 is 0 Å². The van der Waals surface area contributed by atoms with Crippen molar-refractivity contribution in [1.82, 2.24) is 4.90 Å². The van der Waals surface area contributed by atoms with Gasteiger partial charge in [-0.05, 0) is 85.0 Å². The lowest BCUT2D eigenvalue weighted by atomic mass is 9.86. The van der Waals surface area contributed by atoms with Gasteiger partial charge in [0.25, 0.3) is 0 Å². The second kappa shape index (κ2) is 12.6. The second-order valence-corrected chi connectivity index (χ2v) is 11.6. The molecule has 0 N–H and O–H groups in total. The molecule has 1 aliphatic rings. The first-order chi connectivity index (χ1) is 19.8. The minimum absolute atomic E-state index is 0.158. The number of likely N-dealkylation sites (tertiary alicyclic amines) is 1. The van der Waals surface area contributed by atoms with Gasteiger partial charge in [-0.2, -0.15) is 0 Å². The molecular formula is C35H39NO5. The van der Waals surface area contributed by atoms with Crippen molar-refractivity contribution in [3.63, 3.8) is 0 Å². The van der Waals surface area contributed by atoms with Crippen LogP contribution in [0.15, 0.2) is 91.0 Å². The summed E-state index contributed by atoms with van der Waals surface area (Å²) in [6, 6.07) is 30.9. The molecule has 0 aromatic heterocycles. The molecule has 0 spiro atoms. The Morgan fingerprint density at radius 3 is 2.22 bits per heavy atom. The van der Waals surface area contributed by atoms with Crippen molar-refractivity contribution >= 4 is 16.9 Å². The van der Waals surface area contributed by atoms with Crippen molar-refractivity contribution in [3.05, 3.63) is 108 Å². The molecule has 1 amide bonds. The summed E-state index contributed by atoms with van der Waals surface area (Å²) < 4.78 is 23.4. The van der Waals surface area contributed by atoms with Gasteiger partial charge in [-0.1, -0.05) is 60.7 Å². The van der Waals surface area contributed by atoms with Crippen molar-refractivity contribution in [1.29, 1.82) is 0 Å². The number of hydrogen-bond donors (Lipinski definition) is 0. The summed E-state index contributed by atoms with van der Waals surface area (Å²) in [5.41, 5.74) is 2.86. The molecular weight excluding hydrogens is 514 g/mol. The van der Waals surface area contributed by atoms with E-state index in [0.29, 0.717) is 26.3 Å². The predicted molar refractivity (Wildman–Crippen MR) is 161 cm³/mol. The second-order valence-electron chi connectivity index (χ2n) is 11.6. The topological polar surface area (TPSA) is 57.2 Å². The Labute approximate surface area is 242 Å². The van der Waals surface area contributed by atoms with Gasteiger partial charge in [0.2, 0.25) is 0 Å². The van der Waals surface area contributed by atoms with Crippen molar-refractivity contribution in [2.24, 2.45) is 0 Å². The highest BCUT2D eigenvalue weighted by molar-refractivity contribution is 5.82. The number of amides is 1. The predicted octanol–water partition coefficient (Wildman–Crippen LogP) is 7.74. The first kappa shape index (κ1) is 28.5. The number of rotatable bonds is 8. The molecule has 6 heteroatoms. The Morgan fingerprint density at radius 1 is 0.829 bits per heavy atom. The number of carbonyl (C=O) groups excluding carboxylic acids is 1. The normalized spacial score (nSPS) is 17.3. The number of methoxy groups -OCH3 is 1. The fourth-order valence-electron chi connectivity index (χ4n) is 5.19. The van der Waals surface area contributed by atoms with Gasteiger partial charge in [0.15, 0.2) is 0 Å². The number of ether oxygens (including phenoxy) is 4. The Hall–Kier alpha value is -4.03. The fourth-order valence-corrected chi connectivity index (χ4v) is 5.19. The van der Waals surface area contributed by atoms with Gasteiger partial charge in [0.05, 0.1) is 26.4 Å². The minimum Gasteiger partial charge on any atom is -0.497 e. The average molecular weight is 554 g/mol. The molecule has 4 aromatic rings. The maximum Gasteiger partial charge on any atom is 0.410 e. The first-order valence-corrected chi connectivity index (χ1v) is 14.2. The zero-order valence-corrected chi connectivity index (χ0v) is 24.3. The third-order valence-corrected chi connectivity index (χ3v) is 7.36. The highest BCUT2D eigenvalue weighted by atomic mass is 16.6. The lowest BCUT2D eigenvalue weighted by Crippen LogP contribution is -2.48. The molecule has 4 aromatic carbocycles. The van der Waals surface area contributed by atoms with E-state index in [9.17, 15) is 4.79 Å². The molecule has 0 aliphatic carbocycles. The van der Waals surface area contributed by atoms with Crippen molar-refractivity contribution in [3.8, 4) is 11.5 Å². The van der Waals surface area contributed by atoms with Crippen molar-refractivity contribution in [2.75, 3.05) is 20.2 Å². The van der Waals surface area contributed by atoms with Gasteiger partial charge in [-0.15, -0.1) is 0 Å². The number of piperidine rings is 1. The molecule has 41 heavy (non-hydrogen) atoms. The Kier molecular flexibility index (Phi) is 8.79. The van der Waals surface area contributed by atoms with Gasteiger partial charge in [0, 0.05) is 12.5 Å². The molecule has 1 aliphatic heterocycles. The molecule has 2 atom stereocenters. The number of carbonyl (C=O) groups is 1. The standard InChI is InChI=1S/C35H39NO5/c1-35(2,3)41-34(37)36-20-19-32(33(22-36)40-24-26-11-12-27-7-5-6-8-29(27)21-26)28-13-9-25(10-14-28)23-39-31-17-15-30(38-4)16-18-31/h5-18,21,32-33H,19-20,22-24H2,1-4H3. The van der Waals surface area contributed by atoms with Crippen LogP contribution in [0.1, 0.15) is 49.8 Å². The van der Waals surface area contributed by atoms with E-state index in [-0.39, 0.29) is 18.1 Å². The minimum atomic E-state index is -0.543. The lowest BCUT2D eigenvalue weighted by molar-refractivity contribution is -0.0359. The van der Waals surface area contributed by atoms with Crippen LogP contribution in [0.3, 0.4) is 0 Å². The van der Waals surface area contributed by atoms with Gasteiger partial charge in [-0.25, -0.2) is 4.79 Å². The van der Waals surface area contributed by atoms with Gasteiger partial charge < -0.3 is 23.8 Å². The molecule has 5 rings (SSSR count). The maximum absolute atomic E-state index is 12.9. The smallest absolute Gasteiger partial charge is 0.410 e. The summed E-state index contributed by atoms with van der Waals surface area (Å²) in [6.07, 6.45) is 0.342. The summed E-state index contributed by atoms with van der Waals surface area (Å²) >= 11 is 0. The Balaban J connectivity index is 1.28. The van der Waals surface area contributed by atoms with E-state index < -0.39 is 5.60 Å². The van der Waals surface area contributed by atoms with E-state index in [2.05, 4.69) is 60.7 Å². The highest BCUT2D eigenvalue weighted by Gasteiger charge is 2.35. The molecule has 0 radical (unpaired) electrons. The van der Waals surface area contributed by atoms with E-state index in [1.807, 2.05) is 51.1 Å². The number of nitrogens with zero attached hydrogens (tertiary/aromatic N) is 1. The van der Waals surface area contributed by atoms with Gasteiger partial charge in [0.1, 0.15) is 23.7 Å². The fraction of sp³-hybridized carbons (Fsp3) is 0.343. The number of hydrogen-bond acceptors (Lipinski definition) is 5. The van der Waals surface area contributed by atoms with Crippen LogP contribution in [-0.4, -0.2) is 42.9 Å². The monoisotopic (exact) mass is 553 g/mol. The first-order valence-electron chi connectivity index (χ1n) is 14.2. The molecule has 2 unspecified atom stereocenters. The summed E-state index contributed by atoms with van der Waals surface area (Å²) in [4.78, 5) is 14.7. The zero-order chi connectivity index (χ0) is 28.8. The maximum atomic E-state index is 12.9. The van der Waals surface area contributed by atoms with Gasteiger partial charge >= 0.3 is 6.09 Å². The summed E-state index contributed by atoms with van der Waals surface area (Å²) in [7, 11) is 1.65. The quantitative estimate of drug-likeness (QED) is 0.223. The molecule has 0 saturated carbocycles. The molecule has 1 fully saturated rings. The van der Waals surface area contributed by atoms with Crippen LogP contribution in [0.5, 0.6) is 11.5 Å². The van der Waals surface area contributed by atoms with Crippen LogP contribution in [-0.2, 0) is 22.7 Å². The van der Waals surface area contributed by atoms with Gasteiger partial charge in [-0.3, -0.25) is 0 Å². The van der Waals surface area contributed by atoms with E-state index in [4.69, 9.17) is 18.9 Å². The number of fused-ring (bicyclic) bond motifs is 1. The van der Waals surface area contributed by atoms with E-state index in [1.165, 1.54) is 16.3 Å². The zero-order valence-electron chi connectivity index (χ0n) is 24.3. The Morgan fingerprint density at radius 2 is 1.51 bits per heavy atom.